The maximum atomic E-state index is 11.1. The van der Waals surface area contributed by atoms with Gasteiger partial charge < -0.3 is 15.0 Å². The SMILES string of the molecule is NS(=O)(=O)NC[C@@H]1C[C@@H](n2ccc3c(NCc4ccc(Cl)cc4)ncnc32)C[C@@H]1O. The molecule has 2 heterocycles. The Balaban J connectivity index is 1.49. The quantitative estimate of drug-likeness (QED) is 0.433. The molecule has 1 saturated carbocycles. The molecule has 0 radical (unpaired) electrons. The first-order valence-electron chi connectivity index (χ1n) is 9.55. The van der Waals surface area contributed by atoms with Crippen molar-refractivity contribution in [3.63, 3.8) is 0 Å². The average Bonchev–Trinajstić information content (AvgIpc) is 3.29. The van der Waals surface area contributed by atoms with Crippen LogP contribution in [0.1, 0.15) is 24.4 Å². The summed E-state index contributed by atoms with van der Waals surface area (Å²) in [5.41, 5.74) is 1.84. The number of rotatable bonds is 7. The van der Waals surface area contributed by atoms with Gasteiger partial charge in [0.2, 0.25) is 0 Å². The maximum absolute atomic E-state index is 11.1. The van der Waals surface area contributed by atoms with E-state index in [0.717, 1.165) is 22.4 Å². The molecule has 1 aliphatic carbocycles. The van der Waals surface area contributed by atoms with Crippen LogP contribution >= 0.6 is 11.6 Å². The number of halogens is 1. The third-order valence-electron chi connectivity index (χ3n) is 5.46. The molecule has 3 aromatic rings. The Bertz CT molecular complexity index is 1130. The van der Waals surface area contributed by atoms with Gasteiger partial charge in [-0.05, 0) is 36.6 Å². The van der Waals surface area contributed by atoms with E-state index >= 15 is 0 Å². The molecule has 5 N–H and O–H groups in total. The summed E-state index contributed by atoms with van der Waals surface area (Å²) >= 11 is 5.93. The topological polar surface area (TPSA) is 135 Å². The van der Waals surface area contributed by atoms with Gasteiger partial charge in [0.25, 0.3) is 10.2 Å². The Hall–Kier alpha value is -2.24. The first kappa shape index (κ1) is 21.0. The Morgan fingerprint density at radius 3 is 2.70 bits per heavy atom. The van der Waals surface area contributed by atoms with Crippen LogP contribution in [0.25, 0.3) is 11.0 Å². The first-order chi connectivity index (χ1) is 14.3. The predicted molar refractivity (Wildman–Crippen MR) is 115 cm³/mol. The number of anilines is 1. The molecule has 4 rings (SSSR count). The number of nitrogens with one attached hydrogen (secondary N) is 2. The second kappa shape index (κ2) is 8.48. The van der Waals surface area contributed by atoms with Gasteiger partial charge in [-0.3, -0.25) is 0 Å². The van der Waals surface area contributed by atoms with E-state index in [2.05, 4.69) is 20.0 Å². The molecule has 11 heteroatoms. The van der Waals surface area contributed by atoms with Gasteiger partial charge in [-0.25, -0.2) is 19.8 Å². The number of hydrogen-bond acceptors (Lipinski definition) is 6. The van der Waals surface area contributed by atoms with Gasteiger partial charge in [-0.15, -0.1) is 0 Å². The number of benzene rings is 1. The molecule has 0 aliphatic heterocycles. The van der Waals surface area contributed by atoms with Crippen LogP contribution in [0.4, 0.5) is 5.82 Å². The molecule has 9 nitrogen and oxygen atoms in total. The largest absolute Gasteiger partial charge is 0.393 e. The van der Waals surface area contributed by atoms with Gasteiger partial charge in [0.15, 0.2) is 0 Å². The summed E-state index contributed by atoms with van der Waals surface area (Å²) in [6.07, 6.45) is 3.95. The fourth-order valence-corrected chi connectivity index (χ4v) is 4.51. The van der Waals surface area contributed by atoms with Gasteiger partial charge >= 0.3 is 0 Å². The molecular weight excluding hydrogens is 428 g/mol. The number of hydrogen-bond donors (Lipinski definition) is 4. The van der Waals surface area contributed by atoms with Crippen LogP contribution < -0.4 is 15.2 Å². The van der Waals surface area contributed by atoms with E-state index in [1.807, 2.05) is 41.1 Å². The molecule has 0 saturated heterocycles. The lowest BCUT2D eigenvalue weighted by molar-refractivity contribution is 0.133. The molecule has 0 spiro atoms. The van der Waals surface area contributed by atoms with Crippen LogP contribution in [0.15, 0.2) is 42.9 Å². The van der Waals surface area contributed by atoms with Gasteiger partial charge in [0.05, 0.1) is 11.5 Å². The predicted octanol–water partition coefficient (Wildman–Crippen LogP) is 1.80. The number of aromatic nitrogens is 3. The van der Waals surface area contributed by atoms with Crippen molar-refractivity contribution >= 4 is 38.7 Å². The van der Waals surface area contributed by atoms with E-state index < -0.39 is 16.3 Å². The van der Waals surface area contributed by atoms with E-state index in [-0.39, 0.29) is 18.5 Å². The molecule has 1 aliphatic rings. The minimum Gasteiger partial charge on any atom is -0.393 e. The van der Waals surface area contributed by atoms with Gasteiger partial charge in [0, 0.05) is 36.3 Å². The van der Waals surface area contributed by atoms with Crippen molar-refractivity contribution in [2.45, 2.75) is 31.5 Å². The van der Waals surface area contributed by atoms with Crippen LogP contribution in [0, 0.1) is 5.92 Å². The zero-order valence-corrected chi connectivity index (χ0v) is 17.6. The highest BCUT2D eigenvalue weighted by Crippen LogP contribution is 2.37. The Labute approximate surface area is 179 Å². The van der Waals surface area contributed by atoms with E-state index in [4.69, 9.17) is 16.7 Å². The average molecular weight is 451 g/mol. The maximum Gasteiger partial charge on any atom is 0.274 e. The minimum atomic E-state index is -3.78. The summed E-state index contributed by atoms with van der Waals surface area (Å²) in [4.78, 5) is 8.79. The molecule has 1 fully saturated rings. The number of aliphatic hydroxyl groups excluding tert-OH is 1. The fourth-order valence-electron chi connectivity index (χ4n) is 3.94. The molecule has 160 valence electrons. The standard InChI is InChI=1S/C19H23ClN6O3S/c20-14-3-1-12(2-4-14)9-22-18-16-5-6-26(19(16)24-11-23-18)15-7-13(17(27)8-15)10-25-30(21,28)29/h1-6,11,13,15,17,25,27H,7-10H2,(H2,21,28,29)(H,22,23,24)/t13-,15+,17-/m0/s1. The lowest BCUT2D eigenvalue weighted by Crippen LogP contribution is -2.36. The fraction of sp³-hybridized carbons (Fsp3) is 0.368. The van der Waals surface area contributed by atoms with Gasteiger partial charge in [-0.1, -0.05) is 23.7 Å². The highest BCUT2D eigenvalue weighted by molar-refractivity contribution is 7.87. The van der Waals surface area contributed by atoms with E-state index in [1.54, 1.807) is 0 Å². The van der Waals surface area contributed by atoms with Crippen molar-refractivity contribution in [2.24, 2.45) is 11.1 Å². The zero-order chi connectivity index (χ0) is 21.3. The smallest absolute Gasteiger partial charge is 0.274 e. The van der Waals surface area contributed by atoms with Gasteiger partial charge in [0.1, 0.15) is 17.8 Å². The number of nitrogens with zero attached hydrogens (tertiary/aromatic N) is 3. The molecule has 3 atom stereocenters. The normalized spacial score (nSPS) is 21.9. The van der Waals surface area contributed by atoms with E-state index in [0.29, 0.717) is 24.4 Å². The summed E-state index contributed by atoms with van der Waals surface area (Å²) in [5.74, 6) is 0.509. The minimum absolute atomic E-state index is 0.00351. The molecular formula is C19H23ClN6O3S. The number of aliphatic hydroxyl groups is 1. The molecule has 0 bridgehead atoms. The van der Waals surface area contributed by atoms with Gasteiger partial charge in [-0.2, -0.15) is 8.42 Å². The highest BCUT2D eigenvalue weighted by Gasteiger charge is 2.35. The molecule has 30 heavy (non-hydrogen) atoms. The Morgan fingerprint density at radius 1 is 1.20 bits per heavy atom. The molecule has 2 aromatic heterocycles. The molecule has 1 aromatic carbocycles. The van der Waals surface area contributed by atoms with Crippen molar-refractivity contribution in [1.82, 2.24) is 19.3 Å². The van der Waals surface area contributed by atoms with Crippen molar-refractivity contribution in [1.29, 1.82) is 0 Å². The number of nitrogens with two attached hydrogens (primary N) is 1. The number of fused-ring (bicyclic) bond motifs is 1. The lowest BCUT2D eigenvalue weighted by Gasteiger charge is -2.14. The second-order valence-electron chi connectivity index (χ2n) is 7.51. The monoisotopic (exact) mass is 450 g/mol. The second-order valence-corrected chi connectivity index (χ2v) is 9.32. The molecule has 0 unspecified atom stereocenters. The van der Waals surface area contributed by atoms with Crippen LogP contribution in [0.5, 0.6) is 0 Å². The summed E-state index contributed by atoms with van der Waals surface area (Å²) in [7, 11) is -3.78. The van der Waals surface area contributed by atoms with Crippen molar-refractivity contribution in [3.05, 3.63) is 53.4 Å². The van der Waals surface area contributed by atoms with Crippen LogP contribution in [-0.2, 0) is 16.8 Å². The third-order valence-corrected chi connectivity index (χ3v) is 6.28. The lowest BCUT2D eigenvalue weighted by atomic mass is 10.1. The summed E-state index contributed by atoms with van der Waals surface area (Å²) in [6, 6.07) is 9.54. The van der Waals surface area contributed by atoms with Crippen molar-refractivity contribution in [2.75, 3.05) is 11.9 Å². The van der Waals surface area contributed by atoms with Crippen molar-refractivity contribution in [3.8, 4) is 0 Å². The van der Waals surface area contributed by atoms with E-state index in [9.17, 15) is 13.5 Å². The summed E-state index contributed by atoms with van der Waals surface area (Å²) in [6.45, 7) is 0.705. The summed E-state index contributed by atoms with van der Waals surface area (Å²) < 4.78 is 26.6. The Morgan fingerprint density at radius 2 is 1.97 bits per heavy atom. The van der Waals surface area contributed by atoms with Crippen LogP contribution in [0.2, 0.25) is 5.02 Å². The Kier molecular flexibility index (Phi) is 5.94. The van der Waals surface area contributed by atoms with Crippen LogP contribution in [-0.4, -0.2) is 40.7 Å². The van der Waals surface area contributed by atoms with E-state index in [1.165, 1.54) is 6.33 Å². The first-order valence-corrected chi connectivity index (χ1v) is 11.5. The van der Waals surface area contributed by atoms with Crippen molar-refractivity contribution < 1.29 is 13.5 Å². The molecule has 0 amide bonds. The van der Waals surface area contributed by atoms with Crippen LogP contribution in [0.3, 0.4) is 0 Å². The summed E-state index contributed by atoms with van der Waals surface area (Å²) in [5, 5.41) is 20.3. The third kappa shape index (κ3) is 4.73. The highest BCUT2D eigenvalue weighted by atomic mass is 35.5. The zero-order valence-electron chi connectivity index (χ0n) is 16.1.